The first kappa shape index (κ1) is 21.4. The molecule has 0 aliphatic rings. The second kappa shape index (κ2) is 9.32. The fraction of sp³-hybridized carbons (Fsp3) is 0.316. The van der Waals surface area contributed by atoms with Gasteiger partial charge >= 0.3 is 0 Å². The number of para-hydroxylation sites is 1. The van der Waals surface area contributed by atoms with Gasteiger partial charge in [-0.25, -0.2) is 8.42 Å². The zero-order chi connectivity index (χ0) is 20.7. The molecule has 28 heavy (non-hydrogen) atoms. The van der Waals surface area contributed by atoms with Crippen LogP contribution in [0.25, 0.3) is 0 Å². The Bertz CT molecular complexity index is 943. The lowest BCUT2D eigenvalue weighted by Crippen LogP contribution is -2.16. The molecule has 0 saturated heterocycles. The van der Waals surface area contributed by atoms with Gasteiger partial charge in [0.15, 0.2) is 11.5 Å². The van der Waals surface area contributed by atoms with Crippen molar-refractivity contribution in [2.75, 3.05) is 37.6 Å². The van der Waals surface area contributed by atoms with Gasteiger partial charge in [0.2, 0.25) is 15.9 Å². The molecule has 2 rings (SSSR count). The average Bonchev–Trinajstić information content (AvgIpc) is 2.66. The average molecular weight is 408 g/mol. The summed E-state index contributed by atoms with van der Waals surface area (Å²) >= 11 is 0. The van der Waals surface area contributed by atoms with Gasteiger partial charge in [-0.15, -0.1) is 0 Å². The van der Waals surface area contributed by atoms with Crippen LogP contribution in [0, 0.1) is 0 Å². The first-order chi connectivity index (χ1) is 13.3. The fourth-order valence-electron chi connectivity index (χ4n) is 2.65. The second-order valence-electron chi connectivity index (χ2n) is 5.99. The number of hydrogen-bond donors (Lipinski definition) is 2. The number of rotatable bonds is 9. The largest absolute Gasteiger partial charge is 0.497 e. The third-order valence-electron chi connectivity index (χ3n) is 3.90. The normalized spacial score (nSPS) is 10.9. The van der Waals surface area contributed by atoms with Crippen molar-refractivity contribution >= 4 is 27.3 Å². The number of ether oxygens (including phenoxy) is 3. The Balaban J connectivity index is 2.15. The number of nitrogens with one attached hydrogen (secondary N) is 2. The number of carbonyl (C=O) groups excluding carboxylic acids is 1. The van der Waals surface area contributed by atoms with Crippen molar-refractivity contribution in [1.29, 1.82) is 0 Å². The summed E-state index contributed by atoms with van der Waals surface area (Å²) in [7, 11) is 1.08. The summed E-state index contributed by atoms with van der Waals surface area (Å²) in [5.74, 6) is 1.38. The number of methoxy groups -OCH3 is 3. The van der Waals surface area contributed by atoms with Crippen LogP contribution in [0.3, 0.4) is 0 Å². The smallest absolute Gasteiger partial charge is 0.229 e. The maximum Gasteiger partial charge on any atom is 0.229 e. The Morgan fingerprint density at radius 2 is 1.75 bits per heavy atom. The van der Waals surface area contributed by atoms with E-state index in [1.54, 1.807) is 32.4 Å². The van der Waals surface area contributed by atoms with Crippen molar-refractivity contribution in [2.24, 2.45) is 0 Å². The van der Waals surface area contributed by atoms with Gasteiger partial charge in [-0.1, -0.05) is 12.1 Å². The molecule has 0 spiro atoms. The summed E-state index contributed by atoms with van der Waals surface area (Å²) < 4.78 is 41.3. The molecule has 8 nitrogen and oxygen atoms in total. The monoisotopic (exact) mass is 408 g/mol. The molecule has 0 atom stereocenters. The van der Waals surface area contributed by atoms with Gasteiger partial charge in [0.05, 0.1) is 39.0 Å². The number of benzene rings is 2. The molecule has 0 unspecified atom stereocenters. The molecule has 0 saturated carbocycles. The number of hydrogen-bond acceptors (Lipinski definition) is 6. The maximum atomic E-state index is 12.5. The van der Waals surface area contributed by atoms with Crippen LogP contribution in [0.1, 0.15) is 12.0 Å². The summed E-state index contributed by atoms with van der Waals surface area (Å²) in [5.41, 5.74) is 1.40. The standard InChI is InChI=1S/C19H24N2O6S/c1-25-14-9-10-15(21-28(4,23)24)16(12-14)20-18(22)11-8-13-6-5-7-17(26-2)19(13)27-3/h5-7,9-10,12,21H,8,11H2,1-4H3,(H,20,22). The van der Waals surface area contributed by atoms with E-state index in [0.717, 1.165) is 11.8 Å². The second-order valence-corrected chi connectivity index (χ2v) is 7.74. The van der Waals surface area contributed by atoms with Crippen LogP contribution < -0.4 is 24.2 Å². The predicted octanol–water partition coefficient (Wildman–Crippen LogP) is 2.66. The Labute approximate surface area is 164 Å². The molecular formula is C19H24N2O6S. The fourth-order valence-corrected chi connectivity index (χ4v) is 3.23. The molecule has 2 aromatic carbocycles. The van der Waals surface area contributed by atoms with E-state index in [-0.39, 0.29) is 18.0 Å². The predicted molar refractivity (Wildman–Crippen MR) is 108 cm³/mol. The van der Waals surface area contributed by atoms with E-state index in [4.69, 9.17) is 14.2 Å². The lowest BCUT2D eigenvalue weighted by molar-refractivity contribution is -0.116. The maximum absolute atomic E-state index is 12.5. The molecule has 2 aromatic rings. The van der Waals surface area contributed by atoms with Crippen LogP contribution in [-0.2, 0) is 21.2 Å². The van der Waals surface area contributed by atoms with Gasteiger partial charge in [-0.3, -0.25) is 9.52 Å². The highest BCUT2D eigenvalue weighted by Crippen LogP contribution is 2.32. The molecule has 0 aliphatic heterocycles. The summed E-state index contributed by atoms with van der Waals surface area (Å²) in [5, 5.41) is 2.73. The first-order valence-corrected chi connectivity index (χ1v) is 10.3. The number of aryl methyl sites for hydroxylation is 1. The molecule has 1 amide bonds. The minimum Gasteiger partial charge on any atom is -0.497 e. The lowest BCUT2D eigenvalue weighted by Gasteiger charge is -2.14. The third-order valence-corrected chi connectivity index (χ3v) is 4.49. The van der Waals surface area contributed by atoms with E-state index in [0.29, 0.717) is 29.4 Å². The van der Waals surface area contributed by atoms with Crippen molar-refractivity contribution in [2.45, 2.75) is 12.8 Å². The minimum atomic E-state index is -3.50. The van der Waals surface area contributed by atoms with Gasteiger partial charge < -0.3 is 19.5 Å². The Kier molecular flexibility index (Phi) is 7.11. The molecule has 0 aromatic heterocycles. The van der Waals surface area contributed by atoms with Crippen molar-refractivity contribution in [3.05, 3.63) is 42.0 Å². The molecule has 0 aliphatic carbocycles. The van der Waals surface area contributed by atoms with E-state index < -0.39 is 10.0 Å². The number of sulfonamides is 1. The third kappa shape index (κ3) is 5.78. The molecule has 152 valence electrons. The molecular weight excluding hydrogens is 384 g/mol. The summed E-state index contributed by atoms with van der Waals surface area (Å²) in [6.07, 6.45) is 1.63. The van der Waals surface area contributed by atoms with E-state index in [1.165, 1.54) is 13.2 Å². The number of anilines is 2. The molecule has 2 N–H and O–H groups in total. The zero-order valence-corrected chi connectivity index (χ0v) is 17.1. The quantitative estimate of drug-likeness (QED) is 0.661. The van der Waals surface area contributed by atoms with Gasteiger partial charge in [0, 0.05) is 12.5 Å². The molecule has 0 bridgehead atoms. The van der Waals surface area contributed by atoms with Crippen LogP contribution >= 0.6 is 0 Å². The van der Waals surface area contributed by atoms with Crippen LogP contribution in [0.2, 0.25) is 0 Å². The topological polar surface area (TPSA) is 103 Å². The van der Waals surface area contributed by atoms with E-state index in [1.807, 2.05) is 12.1 Å². The zero-order valence-electron chi connectivity index (χ0n) is 16.2. The lowest BCUT2D eigenvalue weighted by atomic mass is 10.1. The number of amides is 1. The van der Waals surface area contributed by atoms with Gasteiger partial charge in [0.25, 0.3) is 0 Å². The van der Waals surface area contributed by atoms with Crippen LogP contribution in [0.5, 0.6) is 17.2 Å². The van der Waals surface area contributed by atoms with Gasteiger partial charge in [-0.2, -0.15) is 0 Å². The Morgan fingerprint density at radius 3 is 2.36 bits per heavy atom. The summed E-state index contributed by atoms with van der Waals surface area (Å²) in [6, 6.07) is 10.1. The van der Waals surface area contributed by atoms with Crippen molar-refractivity contribution in [1.82, 2.24) is 0 Å². The van der Waals surface area contributed by atoms with Gasteiger partial charge in [-0.05, 0) is 30.2 Å². The molecule has 0 heterocycles. The van der Waals surface area contributed by atoms with Crippen LogP contribution in [-0.4, -0.2) is 41.9 Å². The highest BCUT2D eigenvalue weighted by atomic mass is 32.2. The van der Waals surface area contributed by atoms with Crippen LogP contribution in [0.15, 0.2) is 36.4 Å². The van der Waals surface area contributed by atoms with E-state index in [9.17, 15) is 13.2 Å². The van der Waals surface area contributed by atoms with E-state index in [2.05, 4.69) is 10.0 Å². The Hall–Kier alpha value is -2.94. The summed E-state index contributed by atoms with van der Waals surface area (Å²) in [4.78, 5) is 12.5. The summed E-state index contributed by atoms with van der Waals surface area (Å²) in [6.45, 7) is 0. The van der Waals surface area contributed by atoms with Crippen molar-refractivity contribution in [3.63, 3.8) is 0 Å². The highest BCUT2D eigenvalue weighted by molar-refractivity contribution is 7.92. The Morgan fingerprint density at radius 1 is 1.00 bits per heavy atom. The van der Waals surface area contributed by atoms with Crippen molar-refractivity contribution in [3.8, 4) is 17.2 Å². The SMILES string of the molecule is COc1ccc(NS(C)(=O)=O)c(NC(=O)CCc2cccc(OC)c2OC)c1. The van der Waals surface area contributed by atoms with Crippen molar-refractivity contribution < 1.29 is 27.4 Å². The molecule has 0 radical (unpaired) electrons. The number of carbonyl (C=O) groups is 1. The first-order valence-electron chi connectivity index (χ1n) is 8.43. The highest BCUT2D eigenvalue weighted by Gasteiger charge is 2.14. The van der Waals surface area contributed by atoms with Crippen LogP contribution in [0.4, 0.5) is 11.4 Å². The van der Waals surface area contributed by atoms with Gasteiger partial charge in [0.1, 0.15) is 5.75 Å². The minimum absolute atomic E-state index is 0.166. The molecule has 9 heteroatoms. The van der Waals surface area contributed by atoms with E-state index >= 15 is 0 Å². The molecule has 0 fully saturated rings.